The van der Waals surface area contributed by atoms with Crippen molar-refractivity contribution in [2.75, 3.05) is 18.1 Å². The Bertz CT molecular complexity index is 303. The average molecular weight is 282 g/mol. The topological polar surface area (TPSA) is 41.1 Å². The Morgan fingerprint density at radius 1 is 1.16 bits per heavy atom. The highest BCUT2D eigenvalue weighted by molar-refractivity contribution is 7.99. The molecule has 0 aromatic carbocycles. The maximum atomic E-state index is 12.3. The summed E-state index contributed by atoms with van der Waals surface area (Å²) in [6.45, 7) is 0.896. The van der Waals surface area contributed by atoms with Gasteiger partial charge < -0.3 is 10.6 Å². The maximum Gasteiger partial charge on any atom is 0.237 e. The Kier molecular flexibility index (Phi) is 4.69. The first kappa shape index (κ1) is 13.7. The van der Waals surface area contributed by atoms with Gasteiger partial charge in [-0.1, -0.05) is 12.8 Å². The van der Waals surface area contributed by atoms with Crippen molar-refractivity contribution in [3.63, 3.8) is 0 Å². The van der Waals surface area contributed by atoms with Crippen LogP contribution in [0.5, 0.6) is 0 Å². The van der Waals surface area contributed by atoms with Crippen LogP contribution in [0.25, 0.3) is 0 Å². The van der Waals surface area contributed by atoms with Crippen LogP contribution in [-0.2, 0) is 4.79 Å². The number of rotatable bonds is 3. The second-order valence-corrected chi connectivity index (χ2v) is 7.63. The van der Waals surface area contributed by atoms with Crippen LogP contribution in [0.1, 0.15) is 44.9 Å². The molecule has 3 unspecified atom stereocenters. The number of thioether (sulfide) groups is 1. The summed E-state index contributed by atoms with van der Waals surface area (Å²) in [7, 11) is 0. The third-order valence-corrected chi connectivity index (χ3v) is 6.13. The van der Waals surface area contributed by atoms with Gasteiger partial charge in [0.25, 0.3) is 0 Å². The molecule has 3 atom stereocenters. The van der Waals surface area contributed by atoms with E-state index in [2.05, 4.69) is 10.6 Å². The highest BCUT2D eigenvalue weighted by atomic mass is 32.2. The van der Waals surface area contributed by atoms with Crippen LogP contribution < -0.4 is 10.6 Å². The van der Waals surface area contributed by atoms with Gasteiger partial charge in [0.2, 0.25) is 5.91 Å². The van der Waals surface area contributed by atoms with Gasteiger partial charge in [-0.25, -0.2) is 0 Å². The van der Waals surface area contributed by atoms with E-state index in [-0.39, 0.29) is 11.9 Å². The fourth-order valence-electron chi connectivity index (χ4n) is 3.84. The predicted octanol–water partition coefficient (Wildman–Crippen LogP) is 2.17. The highest BCUT2D eigenvalue weighted by Crippen LogP contribution is 2.33. The molecule has 3 rings (SSSR count). The lowest BCUT2D eigenvalue weighted by atomic mass is 9.85. The number of carbonyl (C=O) groups excluding carboxylic acids is 1. The molecular weight excluding hydrogens is 256 g/mol. The SMILES string of the molecule is O=C(NCC1CCSCC1)C1CC2CCCCC2N1. The Morgan fingerprint density at radius 2 is 1.95 bits per heavy atom. The number of fused-ring (bicyclic) bond motifs is 1. The van der Waals surface area contributed by atoms with Gasteiger partial charge in [0.05, 0.1) is 6.04 Å². The molecule has 3 nitrogen and oxygen atoms in total. The van der Waals surface area contributed by atoms with Gasteiger partial charge in [-0.05, 0) is 55.4 Å². The Hall–Kier alpha value is -0.220. The number of amides is 1. The smallest absolute Gasteiger partial charge is 0.237 e. The third-order valence-electron chi connectivity index (χ3n) is 5.09. The van der Waals surface area contributed by atoms with E-state index in [1.54, 1.807) is 0 Å². The summed E-state index contributed by atoms with van der Waals surface area (Å²) in [6.07, 6.45) is 8.90. The van der Waals surface area contributed by atoms with Crippen LogP contribution in [0.2, 0.25) is 0 Å². The Morgan fingerprint density at radius 3 is 2.74 bits per heavy atom. The van der Waals surface area contributed by atoms with Gasteiger partial charge in [-0.15, -0.1) is 0 Å². The maximum absolute atomic E-state index is 12.3. The summed E-state index contributed by atoms with van der Waals surface area (Å²) in [5, 5.41) is 6.76. The summed E-state index contributed by atoms with van der Waals surface area (Å²) in [5.74, 6) is 4.27. The second kappa shape index (κ2) is 6.49. The van der Waals surface area contributed by atoms with Crippen molar-refractivity contribution in [1.82, 2.24) is 10.6 Å². The van der Waals surface area contributed by atoms with Crippen molar-refractivity contribution in [3.8, 4) is 0 Å². The lowest BCUT2D eigenvalue weighted by molar-refractivity contribution is -0.123. The minimum Gasteiger partial charge on any atom is -0.354 e. The summed E-state index contributed by atoms with van der Waals surface area (Å²) in [6, 6.07) is 0.710. The van der Waals surface area contributed by atoms with Gasteiger partial charge in [0, 0.05) is 12.6 Å². The summed E-state index contributed by atoms with van der Waals surface area (Å²) in [4.78, 5) is 12.3. The van der Waals surface area contributed by atoms with E-state index >= 15 is 0 Å². The zero-order valence-electron chi connectivity index (χ0n) is 11.7. The van der Waals surface area contributed by atoms with Crippen molar-refractivity contribution in [2.24, 2.45) is 11.8 Å². The third kappa shape index (κ3) is 3.46. The molecule has 108 valence electrons. The molecule has 2 saturated heterocycles. The largest absolute Gasteiger partial charge is 0.354 e. The quantitative estimate of drug-likeness (QED) is 0.833. The molecule has 3 fully saturated rings. The van der Waals surface area contributed by atoms with Crippen molar-refractivity contribution >= 4 is 17.7 Å². The zero-order valence-corrected chi connectivity index (χ0v) is 12.5. The fourth-order valence-corrected chi connectivity index (χ4v) is 5.04. The lowest BCUT2D eigenvalue weighted by Crippen LogP contribution is -2.44. The van der Waals surface area contributed by atoms with Crippen molar-refractivity contribution in [2.45, 2.75) is 57.0 Å². The molecule has 2 aliphatic heterocycles. The normalized spacial score (nSPS) is 35.9. The van der Waals surface area contributed by atoms with Crippen molar-refractivity contribution < 1.29 is 4.79 Å². The molecule has 1 aliphatic carbocycles. The van der Waals surface area contributed by atoms with Gasteiger partial charge in [0.15, 0.2) is 0 Å². The molecule has 2 N–H and O–H groups in total. The molecule has 0 aromatic rings. The first-order chi connectivity index (χ1) is 9.33. The second-order valence-electron chi connectivity index (χ2n) is 6.41. The molecule has 0 aromatic heterocycles. The van der Waals surface area contributed by atoms with Crippen LogP contribution in [0.4, 0.5) is 0 Å². The van der Waals surface area contributed by atoms with E-state index in [9.17, 15) is 4.79 Å². The molecule has 0 radical (unpaired) electrons. The van der Waals surface area contributed by atoms with Crippen molar-refractivity contribution in [3.05, 3.63) is 0 Å². The first-order valence-electron chi connectivity index (χ1n) is 7.94. The number of hydrogen-bond donors (Lipinski definition) is 2. The fraction of sp³-hybridized carbons (Fsp3) is 0.933. The van der Waals surface area contributed by atoms with Crippen LogP contribution in [-0.4, -0.2) is 36.0 Å². The predicted molar refractivity (Wildman–Crippen MR) is 80.3 cm³/mol. The average Bonchev–Trinajstić information content (AvgIpc) is 2.90. The van der Waals surface area contributed by atoms with Crippen molar-refractivity contribution in [1.29, 1.82) is 0 Å². The standard InChI is InChI=1S/C15H26N2OS/c18-15(16-10-11-5-7-19-8-6-11)14-9-12-3-1-2-4-13(12)17-14/h11-14,17H,1-10H2,(H,16,18). The molecule has 1 saturated carbocycles. The molecule has 19 heavy (non-hydrogen) atoms. The molecule has 2 heterocycles. The molecular formula is C15H26N2OS. The zero-order chi connectivity index (χ0) is 13.1. The van der Waals surface area contributed by atoms with Crippen LogP contribution >= 0.6 is 11.8 Å². The monoisotopic (exact) mass is 282 g/mol. The Labute approximate surface area is 120 Å². The van der Waals surface area contributed by atoms with E-state index in [1.807, 2.05) is 11.8 Å². The van der Waals surface area contributed by atoms with Gasteiger partial charge in [0.1, 0.15) is 0 Å². The molecule has 0 spiro atoms. The molecule has 0 bridgehead atoms. The minimum absolute atomic E-state index is 0.0889. The van der Waals surface area contributed by atoms with E-state index in [4.69, 9.17) is 0 Å². The molecule has 3 aliphatic rings. The molecule has 1 amide bonds. The van der Waals surface area contributed by atoms with E-state index < -0.39 is 0 Å². The van der Waals surface area contributed by atoms with Crippen LogP contribution in [0.3, 0.4) is 0 Å². The summed E-state index contributed by atoms with van der Waals surface area (Å²) in [5.41, 5.74) is 0. The van der Waals surface area contributed by atoms with Crippen LogP contribution in [0.15, 0.2) is 0 Å². The summed E-state index contributed by atoms with van der Waals surface area (Å²) < 4.78 is 0. The summed E-state index contributed by atoms with van der Waals surface area (Å²) >= 11 is 2.05. The molecule has 4 heteroatoms. The number of nitrogens with one attached hydrogen (secondary N) is 2. The minimum atomic E-state index is 0.0889. The number of hydrogen-bond acceptors (Lipinski definition) is 3. The van der Waals surface area contributed by atoms with Crippen LogP contribution in [0, 0.1) is 11.8 Å². The van der Waals surface area contributed by atoms with E-state index in [0.717, 1.165) is 18.9 Å². The van der Waals surface area contributed by atoms with E-state index in [1.165, 1.54) is 50.0 Å². The first-order valence-corrected chi connectivity index (χ1v) is 9.10. The van der Waals surface area contributed by atoms with Gasteiger partial charge in [-0.3, -0.25) is 4.79 Å². The van der Waals surface area contributed by atoms with E-state index in [0.29, 0.717) is 12.0 Å². The highest BCUT2D eigenvalue weighted by Gasteiger charge is 2.38. The van der Waals surface area contributed by atoms with Gasteiger partial charge >= 0.3 is 0 Å². The Balaban J connectivity index is 1.43. The lowest BCUT2D eigenvalue weighted by Gasteiger charge is -2.24. The number of carbonyl (C=O) groups is 1. The van der Waals surface area contributed by atoms with Gasteiger partial charge in [-0.2, -0.15) is 11.8 Å².